The highest BCUT2D eigenvalue weighted by Gasteiger charge is 2.12. The average molecular weight is 248 g/mol. The van der Waals surface area contributed by atoms with Gasteiger partial charge in [-0.05, 0) is 24.6 Å². The van der Waals surface area contributed by atoms with Gasteiger partial charge in [-0.15, -0.1) is 0 Å². The van der Waals surface area contributed by atoms with Crippen molar-refractivity contribution in [2.75, 3.05) is 12.4 Å². The number of hydrogen-bond acceptors (Lipinski definition) is 2. The molecule has 0 aliphatic rings. The van der Waals surface area contributed by atoms with E-state index in [0.29, 0.717) is 11.3 Å². The lowest BCUT2D eigenvalue weighted by molar-refractivity contribution is -0.119. The van der Waals surface area contributed by atoms with Crippen molar-refractivity contribution in [1.82, 2.24) is 5.32 Å². The van der Waals surface area contributed by atoms with Gasteiger partial charge < -0.3 is 10.6 Å². The van der Waals surface area contributed by atoms with E-state index < -0.39 is 0 Å². The third-order valence-electron chi connectivity index (χ3n) is 2.79. The molecule has 4 heteroatoms. The van der Waals surface area contributed by atoms with Crippen molar-refractivity contribution in [2.24, 2.45) is 5.92 Å². The zero-order chi connectivity index (χ0) is 13.5. The smallest absolute Gasteiger partial charge is 0.251 e. The van der Waals surface area contributed by atoms with Crippen LogP contribution >= 0.6 is 0 Å². The van der Waals surface area contributed by atoms with E-state index in [1.165, 1.54) is 0 Å². The monoisotopic (exact) mass is 248 g/mol. The first kappa shape index (κ1) is 14.2. The number of rotatable bonds is 5. The topological polar surface area (TPSA) is 58.2 Å². The maximum atomic E-state index is 11.8. The van der Waals surface area contributed by atoms with Gasteiger partial charge in [0.15, 0.2) is 0 Å². The van der Waals surface area contributed by atoms with Crippen LogP contribution in [-0.4, -0.2) is 18.9 Å². The van der Waals surface area contributed by atoms with E-state index in [9.17, 15) is 9.59 Å². The first-order chi connectivity index (χ1) is 8.58. The number of carbonyl (C=O) groups is 2. The maximum absolute atomic E-state index is 11.8. The summed E-state index contributed by atoms with van der Waals surface area (Å²) in [5.74, 6) is -0.183. The van der Waals surface area contributed by atoms with E-state index in [4.69, 9.17) is 0 Å². The molecule has 4 nitrogen and oxygen atoms in total. The molecule has 98 valence electrons. The van der Waals surface area contributed by atoms with Gasteiger partial charge in [-0.2, -0.15) is 0 Å². The predicted octanol–water partition coefficient (Wildman–Crippen LogP) is 2.42. The van der Waals surface area contributed by atoms with Crippen molar-refractivity contribution >= 4 is 17.5 Å². The molecule has 0 bridgehead atoms. The zero-order valence-corrected chi connectivity index (χ0v) is 11.1. The summed E-state index contributed by atoms with van der Waals surface area (Å²) < 4.78 is 0. The molecule has 0 aliphatic heterocycles. The summed E-state index contributed by atoms with van der Waals surface area (Å²) in [6, 6.07) is 6.92. The van der Waals surface area contributed by atoms with Gasteiger partial charge >= 0.3 is 0 Å². The molecule has 0 aromatic heterocycles. The largest absolute Gasteiger partial charge is 0.355 e. The molecule has 1 unspecified atom stereocenters. The van der Waals surface area contributed by atoms with Crippen molar-refractivity contribution in [3.05, 3.63) is 29.8 Å². The molecule has 0 saturated heterocycles. The number of anilines is 1. The summed E-state index contributed by atoms with van der Waals surface area (Å²) in [5.41, 5.74) is 1.20. The Morgan fingerprint density at radius 1 is 1.33 bits per heavy atom. The lowest BCUT2D eigenvalue weighted by Crippen LogP contribution is -2.21. The summed E-state index contributed by atoms with van der Waals surface area (Å²) in [5, 5.41) is 5.38. The molecule has 0 saturated carbocycles. The van der Waals surface area contributed by atoms with Crippen LogP contribution in [0.5, 0.6) is 0 Å². The average Bonchev–Trinajstić information content (AvgIpc) is 2.38. The summed E-state index contributed by atoms with van der Waals surface area (Å²) in [7, 11) is 1.58. The molecule has 2 N–H and O–H groups in total. The molecule has 2 amide bonds. The fourth-order valence-electron chi connectivity index (χ4n) is 1.71. The van der Waals surface area contributed by atoms with Crippen molar-refractivity contribution in [3.8, 4) is 0 Å². The lowest BCUT2D eigenvalue weighted by atomic mass is 10.1. The van der Waals surface area contributed by atoms with E-state index in [0.717, 1.165) is 12.8 Å². The quantitative estimate of drug-likeness (QED) is 0.840. The standard InChI is InChI=1S/C14H20N2O2/c1-4-6-10(2)13(17)16-12-8-5-7-11(9-12)14(18)15-3/h5,7-10H,4,6H2,1-3H3,(H,15,18)(H,16,17). The molecular weight excluding hydrogens is 228 g/mol. The second kappa shape index (κ2) is 6.79. The number of carbonyl (C=O) groups excluding carboxylic acids is 2. The van der Waals surface area contributed by atoms with Gasteiger partial charge in [0.1, 0.15) is 0 Å². The molecule has 0 aliphatic carbocycles. The molecule has 1 atom stereocenters. The Hall–Kier alpha value is -1.84. The first-order valence-corrected chi connectivity index (χ1v) is 6.21. The lowest BCUT2D eigenvalue weighted by Gasteiger charge is -2.11. The highest BCUT2D eigenvalue weighted by molar-refractivity contribution is 5.97. The van der Waals surface area contributed by atoms with Crippen LogP contribution in [0.15, 0.2) is 24.3 Å². The van der Waals surface area contributed by atoms with Gasteiger partial charge in [0.25, 0.3) is 5.91 Å². The fraction of sp³-hybridized carbons (Fsp3) is 0.429. The normalized spacial score (nSPS) is 11.7. The second-order valence-corrected chi connectivity index (χ2v) is 4.34. The summed E-state index contributed by atoms with van der Waals surface area (Å²) in [6.45, 7) is 3.96. The minimum Gasteiger partial charge on any atom is -0.355 e. The Kier molecular flexibility index (Phi) is 5.36. The van der Waals surface area contributed by atoms with Crippen LogP contribution in [0.1, 0.15) is 37.0 Å². The van der Waals surface area contributed by atoms with E-state index >= 15 is 0 Å². The van der Waals surface area contributed by atoms with Gasteiger partial charge in [-0.3, -0.25) is 9.59 Å². The molecule has 0 heterocycles. The molecule has 0 radical (unpaired) electrons. The third-order valence-corrected chi connectivity index (χ3v) is 2.79. The maximum Gasteiger partial charge on any atom is 0.251 e. The SMILES string of the molecule is CCCC(C)C(=O)Nc1cccc(C(=O)NC)c1. The zero-order valence-electron chi connectivity index (χ0n) is 11.1. The number of hydrogen-bond donors (Lipinski definition) is 2. The fourth-order valence-corrected chi connectivity index (χ4v) is 1.71. The summed E-state index contributed by atoms with van der Waals surface area (Å²) in [4.78, 5) is 23.3. The first-order valence-electron chi connectivity index (χ1n) is 6.21. The van der Waals surface area contributed by atoms with Crippen molar-refractivity contribution in [2.45, 2.75) is 26.7 Å². The summed E-state index contributed by atoms with van der Waals surface area (Å²) >= 11 is 0. The van der Waals surface area contributed by atoms with Crippen LogP contribution in [0.25, 0.3) is 0 Å². The van der Waals surface area contributed by atoms with E-state index in [-0.39, 0.29) is 17.7 Å². The minimum atomic E-state index is -0.160. The summed E-state index contributed by atoms with van der Waals surface area (Å²) in [6.07, 6.45) is 1.84. The van der Waals surface area contributed by atoms with Crippen LogP contribution in [0, 0.1) is 5.92 Å². The van der Waals surface area contributed by atoms with Gasteiger partial charge in [-0.1, -0.05) is 26.3 Å². The highest BCUT2D eigenvalue weighted by Crippen LogP contribution is 2.13. The molecule has 1 aromatic carbocycles. The number of amides is 2. The number of benzene rings is 1. The van der Waals surface area contributed by atoms with Gasteiger partial charge in [-0.25, -0.2) is 0 Å². The van der Waals surface area contributed by atoms with Crippen molar-refractivity contribution in [3.63, 3.8) is 0 Å². The van der Waals surface area contributed by atoms with Gasteiger partial charge in [0, 0.05) is 24.2 Å². The van der Waals surface area contributed by atoms with E-state index in [1.54, 1.807) is 31.3 Å². The molecular formula is C14H20N2O2. The van der Waals surface area contributed by atoms with Crippen LogP contribution in [-0.2, 0) is 4.79 Å². The highest BCUT2D eigenvalue weighted by atomic mass is 16.2. The van der Waals surface area contributed by atoms with Crippen LogP contribution < -0.4 is 10.6 Å². The molecule has 1 aromatic rings. The van der Waals surface area contributed by atoms with E-state index in [2.05, 4.69) is 17.6 Å². The Morgan fingerprint density at radius 2 is 2.06 bits per heavy atom. The Bertz CT molecular complexity index is 430. The molecule has 1 rings (SSSR count). The molecule has 0 fully saturated rings. The van der Waals surface area contributed by atoms with Gasteiger partial charge in [0.05, 0.1) is 0 Å². The third kappa shape index (κ3) is 3.87. The second-order valence-electron chi connectivity index (χ2n) is 4.34. The minimum absolute atomic E-state index is 0.00842. The van der Waals surface area contributed by atoms with Crippen molar-refractivity contribution in [1.29, 1.82) is 0 Å². The molecule has 18 heavy (non-hydrogen) atoms. The van der Waals surface area contributed by atoms with Crippen LogP contribution in [0.2, 0.25) is 0 Å². The molecule has 0 spiro atoms. The van der Waals surface area contributed by atoms with Crippen LogP contribution in [0.4, 0.5) is 5.69 Å². The Balaban J connectivity index is 2.73. The van der Waals surface area contributed by atoms with E-state index in [1.807, 2.05) is 6.92 Å². The number of nitrogens with one attached hydrogen (secondary N) is 2. The van der Waals surface area contributed by atoms with Crippen molar-refractivity contribution < 1.29 is 9.59 Å². The van der Waals surface area contributed by atoms with Gasteiger partial charge in [0.2, 0.25) is 5.91 Å². The Morgan fingerprint density at radius 3 is 2.67 bits per heavy atom. The predicted molar refractivity (Wildman–Crippen MR) is 72.5 cm³/mol. The van der Waals surface area contributed by atoms with Crippen LogP contribution in [0.3, 0.4) is 0 Å². The Labute approximate surface area is 108 Å².